The van der Waals surface area contributed by atoms with Crippen LogP contribution in [0.1, 0.15) is 5.56 Å². The molecule has 0 atom stereocenters. The van der Waals surface area contributed by atoms with Gasteiger partial charge in [0, 0.05) is 10.9 Å². The first-order valence-corrected chi connectivity index (χ1v) is 9.03. The molecule has 4 aromatic rings. The highest BCUT2D eigenvalue weighted by atomic mass is 35.5. The van der Waals surface area contributed by atoms with Crippen molar-refractivity contribution in [2.45, 2.75) is 13.1 Å². The fraction of sp³-hybridized carbons (Fsp3) is 0.167. The minimum absolute atomic E-state index is 0.175. The van der Waals surface area contributed by atoms with Gasteiger partial charge in [-0.25, -0.2) is 9.97 Å². The smallest absolute Gasteiger partial charge is 0.422 e. The number of ether oxygens (including phenoxy) is 1. The van der Waals surface area contributed by atoms with Crippen LogP contribution in [0.3, 0.4) is 0 Å². The van der Waals surface area contributed by atoms with Gasteiger partial charge >= 0.3 is 6.18 Å². The number of benzene rings is 1. The fourth-order valence-electron chi connectivity index (χ4n) is 2.77. The topological polar surface area (TPSA) is 47.9 Å². The number of pyridine rings is 1. The number of alkyl halides is 3. The lowest BCUT2D eigenvalue weighted by atomic mass is 10.1. The number of nitrogens with zero attached hydrogens (tertiary/aromatic N) is 3. The molecule has 0 spiro atoms. The predicted octanol–water partition coefficient (Wildman–Crippen LogP) is 5.81. The van der Waals surface area contributed by atoms with Crippen LogP contribution in [-0.2, 0) is 0 Å². The molecule has 4 rings (SSSR count). The normalized spacial score (nSPS) is 12.0. The summed E-state index contributed by atoms with van der Waals surface area (Å²) in [4.78, 5) is 13.3. The van der Waals surface area contributed by atoms with Crippen LogP contribution in [0, 0.1) is 6.92 Å². The number of thiophene rings is 1. The average Bonchev–Trinajstić information content (AvgIpc) is 2.98. The SMILES string of the molecule is Cc1cc(-c2ccccc2)nc2sc3c(OCC(F)(F)F)nc(Cl)nc3c12. The number of halogens is 4. The summed E-state index contributed by atoms with van der Waals surface area (Å²) in [6.45, 7) is 0.445. The van der Waals surface area contributed by atoms with E-state index in [1.165, 1.54) is 11.3 Å². The molecular formula is C18H11ClF3N3OS. The molecule has 0 aliphatic heterocycles. The zero-order valence-corrected chi connectivity index (χ0v) is 15.4. The third-order valence-electron chi connectivity index (χ3n) is 3.87. The standard InChI is InChI=1S/C18H11ClF3N3OS/c1-9-7-11(10-5-3-2-4-6-10)23-16-12(9)13-14(27-16)15(25-17(19)24-13)26-8-18(20,21)22/h2-7H,8H2,1H3. The van der Waals surface area contributed by atoms with Gasteiger partial charge in [0.05, 0.1) is 11.2 Å². The van der Waals surface area contributed by atoms with Crippen molar-refractivity contribution in [3.8, 4) is 17.1 Å². The van der Waals surface area contributed by atoms with Crippen LogP contribution in [0.5, 0.6) is 5.88 Å². The van der Waals surface area contributed by atoms with E-state index >= 15 is 0 Å². The van der Waals surface area contributed by atoms with Gasteiger partial charge in [0.2, 0.25) is 11.2 Å². The summed E-state index contributed by atoms with van der Waals surface area (Å²) >= 11 is 7.09. The molecule has 0 amide bonds. The first kappa shape index (κ1) is 17.9. The van der Waals surface area contributed by atoms with Crippen molar-refractivity contribution >= 4 is 43.4 Å². The zero-order valence-electron chi connectivity index (χ0n) is 13.8. The van der Waals surface area contributed by atoms with Crippen LogP contribution >= 0.6 is 22.9 Å². The van der Waals surface area contributed by atoms with Crippen LogP contribution < -0.4 is 4.74 Å². The third kappa shape index (κ3) is 3.54. The predicted molar refractivity (Wildman–Crippen MR) is 99.4 cm³/mol. The second kappa shape index (κ2) is 6.61. The van der Waals surface area contributed by atoms with E-state index in [4.69, 9.17) is 16.3 Å². The number of rotatable bonds is 3. The molecule has 4 nitrogen and oxygen atoms in total. The number of aryl methyl sites for hydroxylation is 1. The lowest BCUT2D eigenvalue weighted by Gasteiger charge is -2.08. The van der Waals surface area contributed by atoms with Gasteiger partial charge in [-0.15, -0.1) is 11.3 Å². The molecule has 9 heteroatoms. The molecule has 0 N–H and O–H groups in total. The lowest BCUT2D eigenvalue weighted by molar-refractivity contribution is -0.153. The lowest BCUT2D eigenvalue weighted by Crippen LogP contribution is -2.19. The van der Waals surface area contributed by atoms with E-state index in [9.17, 15) is 13.2 Å². The molecule has 0 aliphatic rings. The average molecular weight is 410 g/mol. The number of hydrogen-bond acceptors (Lipinski definition) is 5. The van der Waals surface area contributed by atoms with Gasteiger partial charge < -0.3 is 4.74 Å². The number of aromatic nitrogens is 3. The Bertz CT molecular complexity index is 1150. The van der Waals surface area contributed by atoms with E-state index in [-0.39, 0.29) is 11.2 Å². The maximum atomic E-state index is 12.5. The summed E-state index contributed by atoms with van der Waals surface area (Å²) in [6.07, 6.45) is -4.48. The molecule has 1 aromatic carbocycles. The number of fused-ring (bicyclic) bond motifs is 3. The highest BCUT2D eigenvalue weighted by molar-refractivity contribution is 7.25. The van der Waals surface area contributed by atoms with Gasteiger partial charge in [0.25, 0.3) is 0 Å². The van der Waals surface area contributed by atoms with Gasteiger partial charge in [-0.3, -0.25) is 0 Å². The van der Waals surface area contributed by atoms with E-state index < -0.39 is 12.8 Å². The molecule has 0 bridgehead atoms. The molecule has 3 heterocycles. The Labute approximate surface area is 160 Å². The summed E-state index contributed by atoms with van der Waals surface area (Å²) in [5.74, 6) is -0.189. The Morgan fingerprint density at radius 1 is 1.11 bits per heavy atom. The molecule has 0 aliphatic carbocycles. The van der Waals surface area contributed by atoms with Gasteiger partial charge in [0.1, 0.15) is 9.53 Å². The van der Waals surface area contributed by atoms with E-state index in [1.54, 1.807) is 0 Å². The van der Waals surface area contributed by atoms with Gasteiger partial charge in [-0.2, -0.15) is 18.2 Å². The fourth-order valence-corrected chi connectivity index (χ4v) is 4.07. The van der Waals surface area contributed by atoms with Crippen LogP contribution in [0.25, 0.3) is 31.7 Å². The molecule has 0 saturated carbocycles. The van der Waals surface area contributed by atoms with Crippen molar-refractivity contribution in [3.05, 3.63) is 47.2 Å². The first-order chi connectivity index (χ1) is 12.8. The van der Waals surface area contributed by atoms with Crippen LogP contribution in [0.4, 0.5) is 13.2 Å². The summed E-state index contributed by atoms with van der Waals surface area (Å²) in [5.41, 5.74) is 3.04. The van der Waals surface area contributed by atoms with Crippen molar-refractivity contribution in [3.63, 3.8) is 0 Å². The highest BCUT2D eigenvalue weighted by Gasteiger charge is 2.29. The maximum absolute atomic E-state index is 12.5. The minimum Gasteiger partial charge on any atom is -0.467 e. The summed E-state index contributed by atoms with van der Waals surface area (Å²) < 4.78 is 42.9. The van der Waals surface area contributed by atoms with Crippen molar-refractivity contribution < 1.29 is 17.9 Å². The van der Waals surface area contributed by atoms with Crippen molar-refractivity contribution in [1.29, 1.82) is 0 Å². The summed E-state index contributed by atoms with van der Waals surface area (Å²) in [5, 5.41) is 0.557. The molecule has 0 fully saturated rings. The Kier molecular flexibility index (Phi) is 4.39. The van der Waals surface area contributed by atoms with E-state index in [1.807, 2.05) is 43.3 Å². The Hall–Kier alpha value is -2.45. The maximum Gasteiger partial charge on any atom is 0.422 e. The Balaban J connectivity index is 1.91. The minimum atomic E-state index is -4.48. The van der Waals surface area contributed by atoms with Crippen LogP contribution in [-0.4, -0.2) is 27.7 Å². The second-order valence-corrected chi connectivity index (χ2v) is 7.19. The molecule has 27 heavy (non-hydrogen) atoms. The number of hydrogen-bond donors (Lipinski definition) is 0. The second-order valence-electron chi connectivity index (χ2n) is 5.85. The molecule has 138 valence electrons. The molecule has 3 aromatic heterocycles. The van der Waals surface area contributed by atoms with Gasteiger partial charge in [0.15, 0.2) is 6.61 Å². The van der Waals surface area contributed by atoms with E-state index in [0.29, 0.717) is 15.0 Å². The zero-order chi connectivity index (χ0) is 19.2. The third-order valence-corrected chi connectivity index (χ3v) is 5.10. The van der Waals surface area contributed by atoms with Crippen molar-refractivity contribution in [2.24, 2.45) is 0 Å². The Morgan fingerprint density at radius 2 is 1.85 bits per heavy atom. The monoisotopic (exact) mass is 409 g/mol. The highest BCUT2D eigenvalue weighted by Crippen LogP contribution is 2.40. The van der Waals surface area contributed by atoms with Gasteiger partial charge in [-0.05, 0) is 30.2 Å². The van der Waals surface area contributed by atoms with E-state index in [2.05, 4.69) is 15.0 Å². The summed E-state index contributed by atoms with van der Waals surface area (Å²) in [6, 6.07) is 11.5. The first-order valence-electron chi connectivity index (χ1n) is 7.84. The van der Waals surface area contributed by atoms with Gasteiger partial charge in [-0.1, -0.05) is 30.3 Å². The van der Waals surface area contributed by atoms with E-state index in [0.717, 1.165) is 22.2 Å². The Morgan fingerprint density at radius 3 is 2.56 bits per heavy atom. The molecule has 0 unspecified atom stereocenters. The molecular weight excluding hydrogens is 399 g/mol. The molecule has 0 radical (unpaired) electrons. The van der Waals surface area contributed by atoms with Crippen molar-refractivity contribution in [2.75, 3.05) is 6.61 Å². The summed E-state index contributed by atoms with van der Waals surface area (Å²) in [7, 11) is 0. The van der Waals surface area contributed by atoms with Crippen LogP contribution in [0.2, 0.25) is 5.28 Å². The quantitative estimate of drug-likeness (QED) is 0.401. The largest absolute Gasteiger partial charge is 0.467 e. The van der Waals surface area contributed by atoms with Crippen molar-refractivity contribution in [1.82, 2.24) is 15.0 Å². The van der Waals surface area contributed by atoms with Crippen LogP contribution in [0.15, 0.2) is 36.4 Å². The molecule has 0 saturated heterocycles.